The molecule has 0 amide bonds. The molecule has 0 spiro atoms. The van der Waals surface area contributed by atoms with Crippen LogP contribution in [-0.2, 0) is 6.42 Å². The average molecular weight is 210 g/mol. The van der Waals surface area contributed by atoms with Gasteiger partial charge in [-0.2, -0.15) is 4.98 Å². The number of aromatic amines is 1. The van der Waals surface area contributed by atoms with Gasteiger partial charge in [-0.05, 0) is 11.6 Å². The second kappa shape index (κ2) is 3.64. The number of benzene rings is 1. The molecule has 1 aromatic heterocycles. The van der Waals surface area contributed by atoms with Crippen molar-refractivity contribution in [1.29, 1.82) is 0 Å². The number of hydrogen-bond acceptors (Lipinski definition) is 3. The summed E-state index contributed by atoms with van der Waals surface area (Å²) in [6.07, 6.45) is 0.133. The van der Waals surface area contributed by atoms with E-state index in [0.717, 1.165) is 6.07 Å². The van der Waals surface area contributed by atoms with Crippen LogP contribution < -0.4 is 5.73 Å². The van der Waals surface area contributed by atoms with E-state index in [4.69, 9.17) is 5.73 Å². The highest BCUT2D eigenvalue weighted by Crippen LogP contribution is 2.14. The molecule has 2 rings (SSSR count). The summed E-state index contributed by atoms with van der Waals surface area (Å²) < 4.78 is 26.1. The van der Waals surface area contributed by atoms with E-state index < -0.39 is 11.6 Å². The predicted molar refractivity (Wildman–Crippen MR) is 50.0 cm³/mol. The molecule has 1 aromatic carbocycles. The van der Waals surface area contributed by atoms with Gasteiger partial charge < -0.3 is 5.73 Å². The van der Waals surface area contributed by atoms with Crippen molar-refractivity contribution in [3.05, 3.63) is 41.2 Å². The van der Waals surface area contributed by atoms with Gasteiger partial charge in [-0.15, -0.1) is 5.10 Å². The van der Waals surface area contributed by atoms with Crippen molar-refractivity contribution >= 4 is 5.95 Å². The van der Waals surface area contributed by atoms with Gasteiger partial charge in [0, 0.05) is 6.42 Å². The SMILES string of the molecule is Nc1n[nH]c(Cc2cccc(F)c2F)n1. The van der Waals surface area contributed by atoms with Crippen molar-refractivity contribution in [2.45, 2.75) is 6.42 Å². The first-order valence-corrected chi connectivity index (χ1v) is 4.26. The Hall–Kier alpha value is -1.98. The minimum atomic E-state index is -0.875. The quantitative estimate of drug-likeness (QED) is 0.783. The second-order valence-corrected chi connectivity index (χ2v) is 3.03. The minimum absolute atomic E-state index is 0.0850. The Bertz CT molecular complexity index is 481. The molecule has 0 saturated carbocycles. The molecule has 1 heterocycles. The summed E-state index contributed by atoms with van der Waals surface area (Å²) in [7, 11) is 0. The highest BCUT2D eigenvalue weighted by atomic mass is 19.2. The molecule has 0 aliphatic rings. The molecule has 0 aliphatic heterocycles. The summed E-state index contributed by atoms with van der Waals surface area (Å²) in [5.74, 6) is -1.26. The van der Waals surface area contributed by atoms with Crippen LogP contribution in [0.5, 0.6) is 0 Å². The Morgan fingerprint density at radius 1 is 1.33 bits per heavy atom. The van der Waals surface area contributed by atoms with Gasteiger partial charge in [-0.1, -0.05) is 12.1 Å². The molecular weight excluding hydrogens is 202 g/mol. The number of aromatic nitrogens is 3. The van der Waals surface area contributed by atoms with Crippen LogP contribution in [0.25, 0.3) is 0 Å². The van der Waals surface area contributed by atoms with Crippen molar-refractivity contribution in [3.63, 3.8) is 0 Å². The smallest absolute Gasteiger partial charge is 0.239 e. The Labute approximate surface area is 84.1 Å². The zero-order valence-electron chi connectivity index (χ0n) is 7.67. The molecule has 3 N–H and O–H groups in total. The molecule has 0 saturated heterocycles. The van der Waals surface area contributed by atoms with E-state index in [1.165, 1.54) is 12.1 Å². The molecule has 15 heavy (non-hydrogen) atoms. The van der Waals surface area contributed by atoms with Crippen molar-refractivity contribution in [2.75, 3.05) is 5.73 Å². The predicted octanol–water partition coefficient (Wildman–Crippen LogP) is 1.26. The Morgan fingerprint density at radius 3 is 2.80 bits per heavy atom. The standard InChI is InChI=1S/C9H8F2N4/c10-6-3-1-2-5(8(6)11)4-7-13-9(12)15-14-7/h1-3H,4H2,(H3,12,13,14,15). The van der Waals surface area contributed by atoms with E-state index in [-0.39, 0.29) is 17.9 Å². The summed E-state index contributed by atoms with van der Waals surface area (Å²) in [6, 6.07) is 3.98. The van der Waals surface area contributed by atoms with Crippen molar-refractivity contribution in [2.24, 2.45) is 0 Å². The van der Waals surface area contributed by atoms with E-state index in [1.54, 1.807) is 0 Å². The van der Waals surface area contributed by atoms with Crippen LogP contribution in [0.3, 0.4) is 0 Å². The maximum absolute atomic E-state index is 13.2. The van der Waals surface area contributed by atoms with Gasteiger partial charge in [0.1, 0.15) is 5.82 Å². The molecule has 0 unspecified atom stereocenters. The number of nitrogens with two attached hydrogens (primary N) is 1. The average Bonchev–Trinajstić information content (AvgIpc) is 2.59. The van der Waals surface area contributed by atoms with Crippen molar-refractivity contribution in [3.8, 4) is 0 Å². The van der Waals surface area contributed by atoms with Gasteiger partial charge in [0.15, 0.2) is 11.6 Å². The topological polar surface area (TPSA) is 67.6 Å². The largest absolute Gasteiger partial charge is 0.367 e. The lowest BCUT2D eigenvalue weighted by molar-refractivity contribution is 0.500. The molecule has 4 nitrogen and oxygen atoms in total. The summed E-state index contributed by atoms with van der Waals surface area (Å²) in [6.45, 7) is 0. The zero-order chi connectivity index (χ0) is 10.8. The summed E-state index contributed by atoms with van der Waals surface area (Å²) in [5, 5.41) is 6.12. The third-order valence-electron chi connectivity index (χ3n) is 1.94. The third-order valence-corrected chi connectivity index (χ3v) is 1.94. The Kier molecular flexibility index (Phi) is 2.32. The van der Waals surface area contributed by atoms with Gasteiger partial charge in [-0.3, -0.25) is 5.10 Å². The zero-order valence-corrected chi connectivity index (χ0v) is 7.67. The van der Waals surface area contributed by atoms with E-state index in [2.05, 4.69) is 15.2 Å². The number of nitrogens with one attached hydrogen (secondary N) is 1. The normalized spacial score (nSPS) is 10.5. The lowest BCUT2D eigenvalue weighted by Crippen LogP contribution is -1.97. The number of hydrogen-bond donors (Lipinski definition) is 2. The van der Waals surface area contributed by atoms with E-state index >= 15 is 0 Å². The lowest BCUT2D eigenvalue weighted by atomic mass is 10.1. The highest BCUT2D eigenvalue weighted by molar-refractivity contribution is 5.23. The van der Waals surface area contributed by atoms with Gasteiger partial charge >= 0.3 is 0 Å². The fourth-order valence-corrected chi connectivity index (χ4v) is 1.25. The maximum atomic E-state index is 13.2. The van der Waals surface area contributed by atoms with Gasteiger partial charge in [0.2, 0.25) is 5.95 Å². The number of H-pyrrole nitrogens is 1. The van der Waals surface area contributed by atoms with Crippen LogP contribution in [0.15, 0.2) is 18.2 Å². The molecule has 0 atom stereocenters. The molecule has 2 aromatic rings. The summed E-state index contributed by atoms with van der Waals surface area (Å²) >= 11 is 0. The molecule has 0 radical (unpaired) electrons. The van der Waals surface area contributed by atoms with E-state index in [0.29, 0.717) is 5.82 Å². The lowest BCUT2D eigenvalue weighted by Gasteiger charge is -2.00. The second-order valence-electron chi connectivity index (χ2n) is 3.03. The van der Waals surface area contributed by atoms with Crippen LogP contribution in [0, 0.1) is 11.6 Å². The maximum Gasteiger partial charge on any atom is 0.239 e. The number of nitrogen functional groups attached to an aromatic ring is 1. The van der Waals surface area contributed by atoms with Gasteiger partial charge in [0.05, 0.1) is 0 Å². The van der Waals surface area contributed by atoms with Crippen molar-refractivity contribution in [1.82, 2.24) is 15.2 Å². The summed E-state index contributed by atoms with van der Waals surface area (Å²) in [5.41, 5.74) is 5.49. The molecular formula is C9H8F2N4. The van der Waals surface area contributed by atoms with Crippen LogP contribution in [0.2, 0.25) is 0 Å². The first-order valence-electron chi connectivity index (χ1n) is 4.26. The Balaban J connectivity index is 2.28. The van der Waals surface area contributed by atoms with Crippen LogP contribution in [0.4, 0.5) is 14.7 Å². The molecule has 6 heteroatoms. The summed E-state index contributed by atoms with van der Waals surface area (Å²) in [4.78, 5) is 3.80. The molecule has 0 bridgehead atoms. The van der Waals surface area contributed by atoms with Gasteiger partial charge in [0.25, 0.3) is 0 Å². The third kappa shape index (κ3) is 1.93. The molecule has 0 fully saturated rings. The number of rotatable bonds is 2. The monoisotopic (exact) mass is 210 g/mol. The fourth-order valence-electron chi connectivity index (χ4n) is 1.25. The van der Waals surface area contributed by atoms with Crippen molar-refractivity contribution < 1.29 is 8.78 Å². The molecule has 0 aliphatic carbocycles. The first kappa shape index (κ1) is 9.57. The number of anilines is 1. The molecule has 78 valence electrons. The fraction of sp³-hybridized carbons (Fsp3) is 0.111. The number of halogens is 2. The first-order chi connectivity index (χ1) is 7.16. The van der Waals surface area contributed by atoms with Crippen LogP contribution in [-0.4, -0.2) is 15.2 Å². The highest BCUT2D eigenvalue weighted by Gasteiger charge is 2.09. The van der Waals surface area contributed by atoms with E-state index in [9.17, 15) is 8.78 Å². The van der Waals surface area contributed by atoms with Crippen LogP contribution in [0.1, 0.15) is 11.4 Å². The van der Waals surface area contributed by atoms with Gasteiger partial charge in [-0.25, -0.2) is 8.78 Å². The van der Waals surface area contributed by atoms with E-state index in [1.807, 2.05) is 0 Å². The number of nitrogens with zero attached hydrogens (tertiary/aromatic N) is 2. The Morgan fingerprint density at radius 2 is 2.13 bits per heavy atom. The van der Waals surface area contributed by atoms with Crippen LogP contribution >= 0.6 is 0 Å². The minimum Gasteiger partial charge on any atom is -0.367 e.